The Kier molecular flexibility index (Phi) is 7.53. The van der Waals surface area contributed by atoms with Crippen LogP contribution in [0.3, 0.4) is 0 Å². The summed E-state index contributed by atoms with van der Waals surface area (Å²) in [5.74, 6) is 3.08. The maximum absolute atomic E-state index is 12.4. The molecule has 4 rings (SSSR count). The Bertz CT molecular complexity index is 844. The SMILES string of the molecule is O=C(NCC(c1ccco1)N1CCCC1)Nc1ccc(CC(=O)N2CCSCC2)cc1. The van der Waals surface area contributed by atoms with Crippen LogP contribution in [0.1, 0.15) is 30.2 Å². The second-order valence-corrected chi connectivity index (χ2v) is 9.20. The molecule has 1 aromatic carbocycles. The van der Waals surface area contributed by atoms with Gasteiger partial charge in [-0.2, -0.15) is 11.8 Å². The Morgan fingerprint density at radius 3 is 2.45 bits per heavy atom. The molecule has 2 fully saturated rings. The van der Waals surface area contributed by atoms with Crippen molar-refractivity contribution in [2.75, 3.05) is 49.5 Å². The van der Waals surface area contributed by atoms with Gasteiger partial charge in [-0.15, -0.1) is 0 Å². The number of anilines is 1. The zero-order chi connectivity index (χ0) is 21.5. The van der Waals surface area contributed by atoms with Gasteiger partial charge in [-0.3, -0.25) is 9.69 Å². The number of benzene rings is 1. The number of hydrogen-bond acceptors (Lipinski definition) is 5. The lowest BCUT2D eigenvalue weighted by molar-refractivity contribution is -0.130. The van der Waals surface area contributed by atoms with Gasteiger partial charge >= 0.3 is 6.03 Å². The highest BCUT2D eigenvalue weighted by atomic mass is 32.2. The van der Waals surface area contributed by atoms with Crippen LogP contribution in [0.15, 0.2) is 47.1 Å². The summed E-state index contributed by atoms with van der Waals surface area (Å²) in [6.07, 6.45) is 4.43. The Hall–Kier alpha value is -2.45. The molecule has 3 amide bonds. The Morgan fingerprint density at radius 2 is 1.77 bits per heavy atom. The maximum atomic E-state index is 12.4. The summed E-state index contributed by atoms with van der Waals surface area (Å²) in [7, 11) is 0. The van der Waals surface area contributed by atoms with E-state index in [-0.39, 0.29) is 18.0 Å². The van der Waals surface area contributed by atoms with Crippen LogP contribution >= 0.6 is 11.8 Å². The predicted octanol–water partition coefficient (Wildman–Crippen LogP) is 3.36. The van der Waals surface area contributed by atoms with Gasteiger partial charge in [-0.25, -0.2) is 4.79 Å². The van der Waals surface area contributed by atoms with Crippen LogP contribution in [0.4, 0.5) is 10.5 Å². The molecule has 0 saturated carbocycles. The molecule has 7 nitrogen and oxygen atoms in total. The van der Waals surface area contributed by atoms with Crippen LogP contribution in [-0.4, -0.2) is 66.0 Å². The highest BCUT2D eigenvalue weighted by molar-refractivity contribution is 7.99. The molecule has 1 aromatic heterocycles. The number of carbonyl (C=O) groups is 2. The van der Waals surface area contributed by atoms with E-state index in [1.807, 2.05) is 53.1 Å². The molecule has 2 aliphatic rings. The van der Waals surface area contributed by atoms with Crippen molar-refractivity contribution < 1.29 is 14.0 Å². The molecular weight excluding hydrogens is 412 g/mol. The van der Waals surface area contributed by atoms with Gasteiger partial charge in [0.25, 0.3) is 0 Å². The summed E-state index contributed by atoms with van der Waals surface area (Å²) in [5, 5.41) is 5.85. The van der Waals surface area contributed by atoms with Gasteiger partial charge in [-0.05, 0) is 55.8 Å². The van der Waals surface area contributed by atoms with E-state index >= 15 is 0 Å². The third-order valence-electron chi connectivity index (χ3n) is 5.84. The Labute approximate surface area is 187 Å². The topological polar surface area (TPSA) is 77.8 Å². The van der Waals surface area contributed by atoms with Crippen LogP contribution in [0, 0.1) is 0 Å². The molecule has 1 atom stereocenters. The fourth-order valence-electron chi connectivity index (χ4n) is 4.11. The lowest BCUT2D eigenvalue weighted by Crippen LogP contribution is -2.38. The van der Waals surface area contributed by atoms with E-state index < -0.39 is 0 Å². The molecule has 0 spiro atoms. The summed E-state index contributed by atoms with van der Waals surface area (Å²) < 4.78 is 5.60. The third kappa shape index (κ3) is 6.04. The fourth-order valence-corrected chi connectivity index (χ4v) is 5.02. The van der Waals surface area contributed by atoms with Crippen molar-refractivity contribution in [3.8, 4) is 0 Å². The number of nitrogens with zero attached hydrogens (tertiary/aromatic N) is 2. The van der Waals surface area contributed by atoms with Crippen molar-refractivity contribution >= 4 is 29.4 Å². The summed E-state index contributed by atoms with van der Waals surface area (Å²) in [6.45, 7) is 4.19. The van der Waals surface area contributed by atoms with Crippen molar-refractivity contribution in [3.05, 3.63) is 54.0 Å². The van der Waals surface area contributed by atoms with E-state index in [4.69, 9.17) is 4.42 Å². The molecule has 1 unspecified atom stereocenters. The van der Waals surface area contributed by atoms with Gasteiger partial charge in [0.2, 0.25) is 5.91 Å². The van der Waals surface area contributed by atoms with Gasteiger partial charge in [0, 0.05) is 36.8 Å². The van der Waals surface area contributed by atoms with E-state index in [0.717, 1.165) is 49.0 Å². The average Bonchev–Trinajstić information content (AvgIpc) is 3.51. The van der Waals surface area contributed by atoms with E-state index in [2.05, 4.69) is 15.5 Å². The number of amides is 3. The average molecular weight is 443 g/mol. The monoisotopic (exact) mass is 442 g/mol. The fraction of sp³-hybridized carbons (Fsp3) is 0.478. The summed E-state index contributed by atoms with van der Waals surface area (Å²) in [5.41, 5.74) is 1.67. The molecule has 2 saturated heterocycles. The molecule has 0 bridgehead atoms. The molecule has 8 heteroatoms. The normalized spacial score (nSPS) is 18.0. The number of rotatable bonds is 7. The smallest absolute Gasteiger partial charge is 0.319 e. The predicted molar refractivity (Wildman–Crippen MR) is 123 cm³/mol. The minimum Gasteiger partial charge on any atom is -0.468 e. The number of thioether (sulfide) groups is 1. The molecule has 0 radical (unpaired) electrons. The quantitative estimate of drug-likeness (QED) is 0.688. The zero-order valence-corrected chi connectivity index (χ0v) is 18.5. The highest BCUT2D eigenvalue weighted by Crippen LogP contribution is 2.25. The van der Waals surface area contributed by atoms with Crippen molar-refractivity contribution in [2.45, 2.75) is 25.3 Å². The molecule has 2 aromatic rings. The van der Waals surface area contributed by atoms with Crippen molar-refractivity contribution in [1.29, 1.82) is 0 Å². The molecule has 2 N–H and O–H groups in total. The largest absolute Gasteiger partial charge is 0.468 e. The van der Waals surface area contributed by atoms with Gasteiger partial charge in [0.1, 0.15) is 5.76 Å². The highest BCUT2D eigenvalue weighted by Gasteiger charge is 2.26. The van der Waals surface area contributed by atoms with E-state index in [1.54, 1.807) is 6.26 Å². The van der Waals surface area contributed by atoms with E-state index in [1.165, 1.54) is 12.8 Å². The standard InChI is InChI=1S/C23H30N4O3S/c28-22(27-11-14-31-15-12-27)16-18-5-7-19(8-6-18)25-23(29)24-17-20(21-4-3-13-30-21)26-9-1-2-10-26/h3-8,13,20H,1-2,9-12,14-17H2,(H2,24,25,29). The van der Waals surface area contributed by atoms with Gasteiger partial charge in [0.15, 0.2) is 0 Å². The third-order valence-corrected chi connectivity index (χ3v) is 6.78. The van der Waals surface area contributed by atoms with Crippen LogP contribution in [0.5, 0.6) is 0 Å². The van der Waals surface area contributed by atoms with Crippen molar-refractivity contribution in [1.82, 2.24) is 15.1 Å². The maximum Gasteiger partial charge on any atom is 0.319 e. The van der Waals surface area contributed by atoms with Crippen LogP contribution < -0.4 is 10.6 Å². The minimum atomic E-state index is -0.245. The molecule has 2 aliphatic heterocycles. The van der Waals surface area contributed by atoms with Crippen LogP contribution in [0.2, 0.25) is 0 Å². The van der Waals surface area contributed by atoms with Gasteiger partial charge in [0.05, 0.1) is 18.7 Å². The first kappa shape index (κ1) is 21.8. The summed E-state index contributed by atoms with van der Waals surface area (Å²) >= 11 is 1.89. The first-order valence-corrected chi connectivity index (χ1v) is 12.1. The minimum absolute atomic E-state index is 0.0461. The van der Waals surface area contributed by atoms with Crippen LogP contribution in [0.25, 0.3) is 0 Å². The van der Waals surface area contributed by atoms with Crippen molar-refractivity contribution in [3.63, 3.8) is 0 Å². The molecular formula is C23H30N4O3S. The van der Waals surface area contributed by atoms with E-state index in [0.29, 0.717) is 18.7 Å². The summed E-state index contributed by atoms with van der Waals surface area (Å²) in [6, 6.07) is 11.2. The summed E-state index contributed by atoms with van der Waals surface area (Å²) in [4.78, 5) is 29.1. The first-order chi connectivity index (χ1) is 15.2. The molecule has 166 valence electrons. The zero-order valence-electron chi connectivity index (χ0n) is 17.7. The number of hydrogen-bond donors (Lipinski definition) is 2. The Morgan fingerprint density at radius 1 is 1.03 bits per heavy atom. The van der Waals surface area contributed by atoms with E-state index in [9.17, 15) is 9.59 Å². The number of urea groups is 1. The lowest BCUT2D eigenvalue weighted by atomic mass is 10.1. The lowest BCUT2D eigenvalue weighted by Gasteiger charge is -2.26. The number of nitrogens with one attached hydrogen (secondary N) is 2. The van der Waals surface area contributed by atoms with Crippen molar-refractivity contribution in [2.24, 2.45) is 0 Å². The van der Waals surface area contributed by atoms with Gasteiger partial charge in [-0.1, -0.05) is 12.1 Å². The number of likely N-dealkylation sites (tertiary alicyclic amines) is 1. The first-order valence-electron chi connectivity index (χ1n) is 11.0. The molecule has 31 heavy (non-hydrogen) atoms. The second-order valence-electron chi connectivity index (χ2n) is 7.98. The Balaban J connectivity index is 1.26. The molecule has 3 heterocycles. The number of furan rings is 1. The second kappa shape index (κ2) is 10.7. The van der Waals surface area contributed by atoms with Gasteiger partial charge < -0.3 is 20.0 Å². The number of carbonyl (C=O) groups excluding carboxylic acids is 2. The van der Waals surface area contributed by atoms with Crippen LogP contribution in [-0.2, 0) is 11.2 Å². The molecule has 0 aliphatic carbocycles.